The zero-order chi connectivity index (χ0) is 10.2. The molecule has 1 heterocycles. The summed E-state index contributed by atoms with van der Waals surface area (Å²) in [6.07, 6.45) is 5.45. The zero-order valence-electron chi connectivity index (χ0n) is 9.38. The molecule has 80 valence electrons. The Morgan fingerprint density at radius 3 is 2.50 bits per heavy atom. The van der Waals surface area contributed by atoms with Crippen molar-refractivity contribution in [2.45, 2.75) is 52.0 Å². The van der Waals surface area contributed by atoms with E-state index < -0.39 is 0 Å². The molecular weight excluding hydrogens is 174 g/mol. The summed E-state index contributed by atoms with van der Waals surface area (Å²) in [5, 5.41) is 0. The van der Waals surface area contributed by atoms with Crippen LogP contribution < -0.4 is 0 Å². The van der Waals surface area contributed by atoms with Crippen molar-refractivity contribution in [3.05, 3.63) is 0 Å². The van der Waals surface area contributed by atoms with Crippen LogP contribution in [0.4, 0.5) is 0 Å². The number of likely N-dealkylation sites (tertiary alicyclic amines) is 1. The third-order valence-electron chi connectivity index (χ3n) is 3.58. The van der Waals surface area contributed by atoms with Crippen molar-refractivity contribution in [1.29, 1.82) is 0 Å². The van der Waals surface area contributed by atoms with Gasteiger partial charge in [-0.2, -0.15) is 0 Å². The molecule has 1 unspecified atom stereocenters. The maximum Gasteiger partial charge on any atom is 0.135 e. The van der Waals surface area contributed by atoms with Crippen LogP contribution in [0.5, 0.6) is 0 Å². The number of hydrogen-bond donors (Lipinski definition) is 0. The molecule has 0 bridgehead atoms. The Labute approximate surface area is 86.7 Å². The first kappa shape index (κ1) is 10.2. The summed E-state index contributed by atoms with van der Waals surface area (Å²) >= 11 is 0. The molecule has 1 aliphatic carbocycles. The molecule has 2 rings (SSSR count). The number of rotatable bonds is 1. The third kappa shape index (κ3) is 2.17. The highest BCUT2D eigenvalue weighted by Crippen LogP contribution is 2.36. The number of Topliss-reactive ketones (excluding diaryl/α,β-unsaturated/α-hetero) is 1. The molecule has 0 amide bonds. The van der Waals surface area contributed by atoms with Crippen LogP contribution in [-0.4, -0.2) is 29.8 Å². The predicted molar refractivity (Wildman–Crippen MR) is 57.2 cm³/mol. The van der Waals surface area contributed by atoms with Crippen molar-refractivity contribution in [3.63, 3.8) is 0 Å². The highest BCUT2D eigenvalue weighted by atomic mass is 16.1. The molecule has 1 atom stereocenters. The van der Waals surface area contributed by atoms with Crippen molar-refractivity contribution in [2.24, 2.45) is 5.41 Å². The molecule has 0 spiro atoms. The van der Waals surface area contributed by atoms with E-state index >= 15 is 0 Å². The van der Waals surface area contributed by atoms with Gasteiger partial charge in [0.05, 0.1) is 0 Å². The fourth-order valence-electron chi connectivity index (χ4n) is 3.02. The SMILES string of the molecule is CC1(C)CC(=O)CC(N2CCCC2)C1. The van der Waals surface area contributed by atoms with Crippen molar-refractivity contribution < 1.29 is 4.79 Å². The summed E-state index contributed by atoms with van der Waals surface area (Å²) in [5.74, 6) is 0.471. The summed E-state index contributed by atoms with van der Waals surface area (Å²) in [6, 6.07) is 0.550. The predicted octanol–water partition coefficient (Wildman–Crippen LogP) is 2.23. The molecule has 2 nitrogen and oxygen atoms in total. The molecule has 1 aliphatic heterocycles. The van der Waals surface area contributed by atoms with Crippen molar-refractivity contribution in [3.8, 4) is 0 Å². The second-order valence-corrected chi connectivity index (χ2v) is 5.68. The number of nitrogens with zero attached hydrogens (tertiary/aromatic N) is 1. The standard InChI is InChI=1S/C12H21NO/c1-12(2)8-10(7-11(14)9-12)13-5-3-4-6-13/h10H,3-9H2,1-2H3. The summed E-state index contributed by atoms with van der Waals surface area (Å²) in [7, 11) is 0. The Kier molecular flexibility index (Phi) is 2.65. The summed E-state index contributed by atoms with van der Waals surface area (Å²) in [5.41, 5.74) is 0.239. The van der Waals surface area contributed by atoms with Gasteiger partial charge in [-0.15, -0.1) is 0 Å². The Morgan fingerprint density at radius 1 is 1.29 bits per heavy atom. The highest BCUT2D eigenvalue weighted by Gasteiger charge is 2.36. The van der Waals surface area contributed by atoms with Crippen molar-refractivity contribution >= 4 is 5.78 Å². The van der Waals surface area contributed by atoms with E-state index in [0.717, 1.165) is 12.8 Å². The molecule has 1 saturated carbocycles. The Hall–Kier alpha value is -0.370. The first-order valence-corrected chi connectivity index (χ1v) is 5.83. The maximum atomic E-state index is 11.6. The monoisotopic (exact) mass is 195 g/mol. The van der Waals surface area contributed by atoms with Crippen LogP contribution in [0, 0.1) is 5.41 Å². The van der Waals surface area contributed by atoms with E-state index in [0.29, 0.717) is 11.8 Å². The van der Waals surface area contributed by atoms with Gasteiger partial charge < -0.3 is 0 Å². The van der Waals surface area contributed by atoms with Crippen LogP contribution in [0.25, 0.3) is 0 Å². The lowest BCUT2D eigenvalue weighted by atomic mass is 9.74. The summed E-state index contributed by atoms with van der Waals surface area (Å²) in [6.45, 7) is 6.89. The quantitative estimate of drug-likeness (QED) is 0.639. The van der Waals surface area contributed by atoms with E-state index in [4.69, 9.17) is 0 Å². The maximum absolute atomic E-state index is 11.6. The van der Waals surface area contributed by atoms with Gasteiger partial charge in [0, 0.05) is 18.9 Å². The largest absolute Gasteiger partial charge is 0.300 e. The molecule has 0 aromatic heterocycles. The van der Waals surface area contributed by atoms with Gasteiger partial charge in [0.2, 0.25) is 0 Å². The average Bonchev–Trinajstić information content (AvgIpc) is 2.51. The van der Waals surface area contributed by atoms with Gasteiger partial charge in [-0.1, -0.05) is 13.8 Å². The van der Waals surface area contributed by atoms with Crippen LogP contribution >= 0.6 is 0 Å². The normalized spacial score (nSPS) is 33.6. The van der Waals surface area contributed by atoms with Crippen LogP contribution in [0.2, 0.25) is 0 Å². The lowest BCUT2D eigenvalue weighted by molar-refractivity contribution is -0.125. The molecule has 2 heteroatoms. The van der Waals surface area contributed by atoms with E-state index in [1.165, 1.54) is 32.4 Å². The van der Waals surface area contributed by atoms with E-state index in [2.05, 4.69) is 18.7 Å². The van der Waals surface area contributed by atoms with Crippen LogP contribution in [-0.2, 0) is 4.79 Å². The van der Waals surface area contributed by atoms with E-state index in [1.54, 1.807) is 0 Å². The van der Waals surface area contributed by atoms with Crippen molar-refractivity contribution in [1.82, 2.24) is 4.90 Å². The molecule has 0 radical (unpaired) electrons. The third-order valence-corrected chi connectivity index (χ3v) is 3.58. The molecule has 0 N–H and O–H groups in total. The van der Waals surface area contributed by atoms with E-state index in [1.807, 2.05) is 0 Å². The second kappa shape index (κ2) is 3.65. The average molecular weight is 195 g/mol. The van der Waals surface area contributed by atoms with Gasteiger partial charge >= 0.3 is 0 Å². The molecule has 2 fully saturated rings. The van der Waals surface area contributed by atoms with Gasteiger partial charge in [0.25, 0.3) is 0 Å². The topological polar surface area (TPSA) is 20.3 Å². The Balaban J connectivity index is 2.01. The minimum Gasteiger partial charge on any atom is -0.300 e. The first-order chi connectivity index (χ1) is 6.57. The number of hydrogen-bond acceptors (Lipinski definition) is 2. The lowest BCUT2D eigenvalue weighted by Gasteiger charge is -2.38. The first-order valence-electron chi connectivity index (χ1n) is 5.83. The highest BCUT2D eigenvalue weighted by molar-refractivity contribution is 5.80. The van der Waals surface area contributed by atoms with Crippen molar-refractivity contribution in [2.75, 3.05) is 13.1 Å². The minimum atomic E-state index is 0.239. The summed E-state index contributed by atoms with van der Waals surface area (Å²) in [4.78, 5) is 14.1. The number of carbonyl (C=O) groups excluding carboxylic acids is 1. The second-order valence-electron chi connectivity index (χ2n) is 5.68. The van der Waals surface area contributed by atoms with Crippen LogP contribution in [0.15, 0.2) is 0 Å². The zero-order valence-corrected chi connectivity index (χ0v) is 9.38. The van der Waals surface area contributed by atoms with E-state index in [-0.39, 0.29) is 5.41 Å². The number of ketones is 1. The van der Waals surface area contributed by atoms with Gasteiger partial charge in [0.1, 0.15) is 5.78 Å². The molecular formula is C12H21NO. The molecule has 0 aromatic rings. The Morgan fingerprint density at radius 2 is 1.93 bits per heavy atom. The van der Waals surface area contributed by atoms with E-state index in [9.17, 15) is 4.79 Å². The van der Waals surface area contributed by atoms with Gasteiger partial charge in [0.15, 0.2) is 0 Å². The van der Waals surface area contributed by atoms with Gasteiger partial charge in [-0.3, -0.25) is 9.69 Å². The molecule has 14 heavy (non-hydrogen) atoms. The molecule has 1 saturated heterocycles. The smallest absolute Gasteiger partial charge is 0.135 e. The molecule has 0 aromatic carbocycles. The van der Waals surface area contributed by atoms with Gasteiger partial charge in [-0.25, -0.2) is 0 Å². The number of carbonyl (C=O) groups is 1. The van der Waals surface area contributed by atoms with Crippen LogP contribution in [0.3, 0.4) is 0 Å². The summed E-state index contributed by atoms with van der Waals surface area (Å²) < 4.78 is 0. The van der Waals surface area contributed by atoms with Gasteiger partial charge in [-0.05, 0) is 37.8 Å². The fraction of sp³-hybridized carbons (Fsp3) is 0.917. The fourth-order valence-corrected chi connectivity index (χ4v) is 3.02. The Bertz CT molecular complexity index is 228. The molecule has 2 aliphatic rings. The lowest BCUT2D eigenvalue weighted by Crippen LogP contribution is -2.42. The van der Waals surface area contributed by atoms with Crippen LogP contribution in [0.1, 0.15) is 46.0 Å². The minimum absolute atomic E-state index is 0.239.